The molecular weight excluding hydrogens is 373 g/mol. The molecule has 148 valence electrons. The molecule has 3 aromatic rings. The summed E-state index contributed by atoms with van der Waals surface area (Å²) >= 11 is 0. The van der Waals surface area contributed by atoms with Crippen LogP contribution in [0.4, 0.5) is 19.0 Å². The first-order valence-electron chi connectivity index (χ1n) is 8.65. The van der Waals surface area contributed by atoms with Crippen molar-refractivity contribution >= 4 is 5.82 Å². The lowest BCUT2D eigenvalue weighted by Gasteiger charge is -2.24. The quantitative estimate of drug-likeness (QED) is 0.666. The van der Waals surface area contributed by atoms with E-state index in [-0.39, 0.29) is 31.3 Å². The van der Waals surface area contributed by atoms with E-state index in [2.05, 4.69) is 20.1 Å². The summed E-state index contributed by atoms with van der Waals surface area (Å²) in [4.78, 5) is 13.4. The van der Waals surface area contributed by atoms with Gasteiger partial charge in [0.25, 0.3) is 0 Å². The van der Waals surface area contributed by atoms with Gasteiger partial charge in [-0.3, -0.25) is 9.67 Å². The van der Waals surface area contributed by atoms with Crippen molar-refractivity contribution in [3.05, 3.63) is 54.2 Å². The molecule has 0 atom stereocenters. The molecule has 0 saturated carbocycles. The van der Waals surface area contributed by atoms with Gasteiger partial charge in [0, 0.05) is 43.3 Å². The molecule has 3 aromatic heterocycles. The third-order valence-electron chi connectivity index (χ3n) is 4.09. The van der Waals surface area contributed by atoms with E-state index in [1.54, 1.807) is 34.0 Å². The second kappa shape index (κ2) is 8.34. The normalized spacial score (nSPS) is 11.6. The molecule has 0 fully saturated rings. The average Bonchev–Trinajstić information content (AvgIpc) is 3.14. The van der Waals surface area contributed by atoms with Gasteiger partial charge in [0.15, 0.2) is 11.5 Å². The van der Waals surface area contributed by atoms with Crippen LogP contribution in [0, 0.1) is 0 Å². The predicted octanol–water partition coefficient (Wildman–Crippen LogP) is 2.77. The van der Waals surface area contributed by atoms with Gasteiger partial charge in [-0.1, -0.05) is 0 Å². The van der Waals surface area contributed by atoms with Crippen molar-refractivity contribution in [2.75, 3.05) is 18.1 Å². The molecule has 0 aliphatic heterocycles. The maximum Gasteiger partial charge on any atom is 0.433 e. The fourth-order valence-electron chi connectivity index (χ4n) is 2.74. The zero-order chi connectivity index (χ0) is 20.1. The Bertz CT molecular complexity index is 913. The van der Waals surface area contributed by atoms with Crippen LogP contribution in [0.25, 0.3) is 11.4 Å². The number of hydrogen-bond donors (Lipinski definition) is 1. The molecule has 3 heterocycles. The summed E-state index contributed by atoms with van der Waals surface area (Å²) in [5.41, 5.74) is 0.176. The Kier molecular flexibility index (Phi) is 5.88. The number of anilines is 1. The minimum atomic E-state index is -4.63. The number of aromatic nitrogens is 5. The van der Waals surface area contributed by atoms with Gasteiger partial charge >= 0.3 is 6.18 Å². The van der Waals surface area contributed by atoms with Crippen molar-refractivity contribution in [2.24, 2.45) is 0 Å². The molecule has 3 rings (SSSR count). The van der Waals surface area contributed by atoms with Gasteiger partial charge < -0.3 is 10.0 Å². The maximum atomic E-state index is 13.4. The average molecular weight is 392 g/mol. The molecule has 10 heteroatoms. The third kappa shape index (κ3) is 4.45. The smallest absolute Gasteiger partial charge is 0.395 e. The molecule has 0 aliphatic rings. The predicted molar refractivity (Wildman–Crippen MR) is 96.3 cm³/mol. The van der Waals surface area contributed by atoms with Crippen molar-refractivity contribution in [2.45, 2.75) is 26.2 Å². The van der Waals surface area contributed by atoms with Crippen molar-refractivity contribution in [3.8, 4) is 11.4 Å². The van der Waals surface area contributed by atoms with E-state index >= 15 is 0 Å². The van der Waals surface area contributed by atoms with Crippen LogP contribution in [0.2, 0.25) is 0 Å². The number of aryl methyl sites for hydroxylation is 1. The summed E-state index contributed by atoms with van der Waals surface area (Å²) < 4.78 is 42.0. The van der Waals surface area contributed by atoms with Gasteiger partial charge in [0.2, 0.25) is 0 Å². The Morgan fingerprint density at radius 2 is 1.86 bits per heavy atom. The van der Waals surface area contributed by atoms with Crippen molar-refractivity contribution < 1.29 is 18.3 Å². The van der Waals surface area contributed by atoms with Gasteiger partial charge in [-0.15, -0.1) is 0 Å². The van der Waals surface area contributed by atoms with E-state index in [1.807, 2.05) is 6.92 Å². The Labute approximate surface area is 159 Å². The lowest BCUT2D eigenvalue weighted by Crippen LogP contribution is -2.29. The molecule has 0 aromatic carbocycles. The van der Waals surface area contributed by atoms with E-state index in [1.165, 1.54) is 12.4 Å². The first-order valence-corrected chi connectivity index (χ1v) is 8.65. The van der Waals surface area contributed by atoms with Crippen molar-refractivity contribution in [1.29, 1.82) is 0 Å². The van der Waals surface area contributed by atoms with Gasteiger partial charge in [-0.05, 0) is 25.1 Å². The van der Waals surface area contributed by atoms with Gasteiger partial charge in [-0.25, -0.2) is 9.97 Å². The molecule has 0 spiro atoms. The number of alkyl halides is 3. The lowest BCUT2D eigenvalue weighted by atomic mass is 10.2. The fourth-order valence-corrected chi connectivity index (χ4v) is 2.74. The van der Waals surface area contributed by atoms with Crippen molar-refractivity contribution in [3.63, 3.8) is 0 Å². The highest BCUT2D eigenvalue weighted by Gasteiger charge is 2.34. The van der Waals surface area contributed by atoms with E-state index < -0.39 is 11.9 Å². The second-order valence-corrected chi connectivity index (χ2v) is 5.95. The van der Waals surface area contributed by atoms with Crippen LogP contribution in [-0.4, -0.2) is 43.0 Å². The molecule has 0 saturated heterocycles. The Morgan fingerprint density at radius 1 is 1.11 bits per heavy atom. The van der Waals surface area contributed by atoms with Crippen LogP contribution in [0.5, 0.6) is 0 Å². The number of nitrogens with zero attached hydrogens (tertiary/aromatic N) is 6. The van der Waals surface area contributed by atoms with Crippen LogP contribution < -0.4 is 4.90 Å². The van der Waals surface area contributed by atoms with Gasteiger partial charge in [0.05, 0.1) is 18.8 Å². The van der Waals surface area contributed by atoms with E-state index in [0.29, 0.717) is 12.1 Å². The highest BCUT2D eigenvalue weighted by Crippen LogP contribution is 2.32. The topological polar surface area (TPSA) is 80.0 Å². The minimum absolute atomic E-state index is 0.0563. The summed E-state index contributed by atoms with van der Waals surface area (Å²) in [6.07, 6.45) is -0.0805. The molecule has 7 nitrogen and oxygen atoms in total. The van der Waals surface area contributed by atoms with Crippen LogP contribution in [0.15, 0.2) is 42.9 Å². The molecular formula is C18H19F3N6O. The first kappa shape index (κ1) is 19.7. The SMILES string of the molecule is CCn1nccc1CN(CCO)c1cc(C(F)(F)F)nc(-c2ccncc2)n1. The summed E-state index contributed by atoms with van der Waals surface area (Å²) in [6.45, 7) is 2.66. The number of hydrogen-bond acceptors (Lipinski definition) is 6. The summed E-state index contributed by atoms with van der Waals surface area (Å²) in [5, 5.41) is 13.6. The minimum Gasteiger partial charge on any atom is -0.395 e. The fraction of sp³-hybridized carbons (Fsp3) is 0.333. The molecule has 1 N–H and O–H groups in total. The van der Waals surface area contributed by atoms with Gasteiger partial charge in [-0.2, -0.15) is 18.3 Å². The number of aliphatic hydroxyl groups excluding tert-OH is 1. The number of rotatable bonds is 7. The van der Waals surface area contributed by atoms with Crippen LogP contribution in [0.3, 0.4) is 0 Å². The zero-order valence-corrected chi connectivity index (χ0v) is 15.1. The van der Waals surface area contributed by atoms with Crippen LogP contribution >= 0.6 is 0 Å². The zero-order valence-electron chi connectivity index (χ0n) is 15.1. The molecule has 0 aliphatic carbocycles. The summed E-state index contributed by atoms with van der Waals surface area (Å²) in [5.74, 6) is 0.0196. The maximum absolute atomic E-state index is 13.4. The lowest BCUT2D eigenvalue weighted by molar-refractivity contribution is -0.141. The Balaban J connectivity index is 2.06. The molecule has 0 unspecified atom stereocenters. The molecule has 0 radical (unpaired) electrons. The monoisotopic (exact) mass is 392 g/mol. The van der Waals surface area contributed by atoms with E-state index in [0.717, 1.165) is 11.8 Å². The highest BCUT2D eigenvalue weighted by atomic mass is 19.4. The standard InChI is InChI=1S/C18H19F3N6O/c1-2-27-14(5-8-23-27)12-26(9-10-28)16-11-15(18(19,20)21)24-17(25-16)13-3-6-22-7-4-13/h3-8,11,28H,2,9-10,12H2,1H3. The Hall–Kier alpha value is -3.01. The number of pyridine rings is 1. The molecule has 0 amide bonds. The Morgan fingerprint density at radius 3 is 2.50 bits per heavy atom. The largest absolute Gasteiger partial charge is 0.433 e. The second-order valence-electron chi connectivity index (χ2n) is 5.95. The number of halogens is 3. The number of aliphatic hydroxyl groups is 1. The summed E-state index contributed by atoms with van der Waals surface area (Å²) in [6, 6.07) is 5.76. The van der Waals surface area contributed by atoms with E-state index in [9.17, 15) is 18.3 Å². The summed E-state index contributed by atoms with van der Waals surface area (Å²) in [7, 11) is 0. The van der Waals surface area contributed by atoms with E-state index in [4.69, 9.17) is 0 Å². The van der Waals surface area contributed by atoms with Gasteiger partial charge in [0.1, 0.15) is 5.82 Å². The first-order chi connectivity index (χ1) is 13.4. The third-order valence-corrected chi connectivity index (χ3v) is 4.09. The van der Waals surface area contributed by atoms with Crippen LogP contribution in [-0.2, 0) is 19.3 Å². The molecule has 28 heavy (non-hydrogen) atoms. The molecule has 0 bridgehead atoms. The van der Waals surface area contributed by atoms with Crippen LogP contribution in [0.1, 0.15) is 18.3 Å². The van der Waals surface area contributed by atoms with Crippen molar-refractivity contribution in [1.82, 2.24) is 24.7 Å². The highest BCUT2D eigenvalue weighted by molar-refractivity contribution is 5.57.